The van der Waals surface area contributed by atoms with Crippen molar-refractivity contribution in [1.82, 2.24) is 5.32 Å². The molecule has 0 unspecified atom stereocenters. The maximum absolute atomic E-state index is 13.1. The molecular formula is C19H21F2NO. The van der Waals surface area contributed by atoms with E-state index >= 15 is 0 Å². The van der Waals surface area contributed by atoms with Crippen LogP contribution in [0.4, 0.5) is 8.78 Å². The molecule has 0 bridgehead atoms. The Labute approximate surface area is 135 Å². The zero-order valence-electron chi connectivity index (χ0n) is 13.6. The lowest BCUT2D eigenvalue weighted by Crippen LogP contribution is -2.24. The lowest BCUT2D eigenvalue weighted by molar-refractivity contribution is -0.120. The molecule has 1 N–H and O–H groups in total. The molecule has 0 spiro atoms. The van der Waals surface area contributed by atoms with Crippen LogP contribution in [0.1, 0.15) is 37.5 Å². The predicted molar refractivity (Wildman–Crippen MR) is 87.1 cm³/mol. The van der Waals surface area contributed by atoms with Crippen LogP contribution < -0.4 is 5.32 Å². The van der Waals surface area contributed by atoms with Crippen molar-refractivity contribution in [2.45, 2.75) is 39.2 Å². The van der Waals surface area contributed by atoms with Gasteiger partial charge >= 0.3 is 0 Å². The van der Waals surface area contributed by atoms with Crippen LogP contribution in [0, 0.1) is 11.6 Å². The van der Waals surface area contributed by atoms with E-state index in [0.29, 0.717) is 12.1 Å². The number of amides is 1. The fraction of sp³-hybridized carbons (Fsp3) is 0.316. The van der Waals surface area contributed by atoms with Crippen LogP contribution in [0.5, 0.6) is 0 Å². The Balaban J connectivity index is 1.90. The van der Waals surface area contributed by atoms with Gasteiger partial charge in [0.2, 0.25) is 5.91 Å². The first kappa shape index (κ1) is 17.1. The van der Waals surface area contributed by atoms with Crippen LogP contribution in [-0.4, -0.2) is 5.91 Å². The third kappa shape index (κ3) is 4.88. The Morgan fingerprint density at radius 2 is 1.57 bits per heavy atom. The summed E-state index contributed by atoms with van der Waals surface area (Å²) in [5.41, 5.74) is 2.77. The fourth-order valence-electron chi connectivity index (χ4n) is 2.22. The average Bonchev–Trinajstić information content (AvgIpc) is 2.48. The van der Waals surface area contributed by atoms with E-state index in [-0.39, 0.29) is 17.7 Å². The number of nitrogens with one attached hydrogen (secondary N) is 1. The molecule has 0 aromatic heterocycles. The highest BCUT2D eigenvalue weighted by atomic mass is 19.2. The number of carbonyl (C=O) groups excluding carboxylic acids is 1. The van der Waals surface area contributed by atoms with E-state index in [0.717, 1.165) is 17.7 Å². The Hall–Kier alpha value is -2.23. The van der Waals surface area contributed by atoms with Crippen molar-refractivity contribution in [2.24, 2.45) is 0 Å². The van der Waals surface area contributed by atoms with Crippen LogP contribution in [0.3, 0.4) is 0 Å². The zero-order valence-corrected chi connectivity index (χ0v) is 13.6. The van der Waals surface area contributed by atoms with Gasteiger partial charge in [-0.05, 0) is 34.2 Å². The molecule has 0 atom stereocenters. The zero-order chi connectivity index (χ0) is 17.0. The molecule has 2 rings (SSSR count). The Bertz CT molecular complexity index is 688. The van der Waals surface area contributed by atoms with E-state index in [1.807, 2.05) is 12.1 Å². The summed E-state index contributed by atoms with van der Waals surface area (Å²) in [6.07, 6.45) is 0.0251. The van der Waals surface area contributed by atoms with Gasteiger partial charge in [-0.3, -0.25) is 4.79 Å². The fourth-order valence-corrected chi connectivity index (χ4v) is 2.22. The first-order valence-electron chi connectivity index (χ1n) is 7.56. The third-order valence-corrected chi connectivity index (χ3v) is 3.66. The molecule has 0 aliphatic heterocycles. The number of hydrogen-bond donors (Lipinski definition) is 1. The minimum atomic E-state index is -0.937. The minimum absolute atomic E-state index is 0.0251. The molecule has 0 saturated heterocycles. The van der Waals surface area contributed by atoms with Crippen molar-refractivity contribution in [3.05, 3.63) is 70.8 Å². The van der Waals surface area contributed by atoms with Crippen LogP contribution in [0.2, 0.25) is 0 Å². The van der Waals surface area contributed by atoms with Gasteiger partial charge in [-0.2, -0.15) is 0 Å². The number of hydrogen-bond acceptors (Lipinski definition) is 1. The van der Waals surface area contributed by atoms with Crippen LogP contribution in [-0.2, 0) is 23.2 Å². The van der Waals surface area contributed by atoms with Crippen LogP contribution in [0.25, 0.3) is 0 Å². The molecule has 4 heteroatoms. The second kappa shape index (κ2) is 6.90. The van der Waals surface area contributed by atoms with Crippen molar-refractivity contribution < 1.29 is 13.6 Å². The van der Waals surface area contributed by atoms with Crippen molar-refractivity contribution in [1.29, 1.82) is 0 Å². The smallest absolute Gasteiger partial charge is 0.224 e. The first-order chi connectivity index (χ1) is 10.8. The van der Waals surface area contributed by atoms with E-state index in [9.17, 15) is 13.6 Å². The summed E-state index contributed by atoms with van der Waals surface area (Å²) in [4.78, 5) is 11.9. The number of rotatable bonds is 4. The van der Waals surface area contributed by atoms with Crippen LogP contribution >= 0.6 is 0 Å². The Morgan fingerprint density at radius 3 is 2.13 bits per heavy atom. The summed E-state index contributed by atoms with van der Waals surface area (Å²) in [6, 6.07) is 11.6. The summed E-state index contributed by atoms with van der Waals surface area (Å²) in [5.74, 6) is -2.07. The van der Waals surface area contributed by atoms with Crippen molar-refractivity contribution in [3.63, 3.8) is 0 Å². The maximum atomic E-state index is 13.1. The van der Waals surface area contributed by atoms with Crippen molar-refractivity contribution >= 4 is 5.91 Å². The van der Waals surface area contributed by atoms with E-state index in [2.05, 4.69) is 38.2 Å². The summed E-state index contributed by atoms with van der Waals surface area (Å²) in [6.45, 7) is 6.84. The molecule has 0 fully saturated rings. The minimum Gasteiger partial charge on any atom is -0.352 e. The Kier molecular flexibility index (Phi) is 5.14. The number of benzene rings is 2. The summed E-state index contributed by atoms with van der Waals surface area (Å²) in [7, 11) is 0. The monoisotopic (exact) mass is 317 g/mol. The van der Waals surface area contributed by atoms with E-state index < -0.39 is 11.6 Å². The first-order valence-corrected chi connectivity index (χ1v) is 7.56. The quantitative estimate of drug-likeness (QED) is 0.903. The largest absolute Gasteiger partial charge is 0.352 e. The van der Waals surface area contributed by atoms with Crippen LogP contribution in [0.15, 0.2) is 42.5 Å². The van der Waals surface area contributed by atoms with Gasteiger partial charge < -0.3 is 5.32 Å². The molecule has 0 radical (unpaired) electrons. The molecule has 2 aromatic carbocycles. The highest BCUT2D eigenvalue weighted by Crippen LogP contribution is 2.22. The van der Waals surface area contributed by atoms with Crippen molar-refractivity contribution in [3.8, 4) is 0 Å². The third-order valence-electron chi connectivity index (χ3n) is 3.66. The Morgan fingerprint density at radius 1 is 0.957 bits per heavy atom. The van der Waals surface area contributed by atoms with Gasteiger partial charge in [0.05, 0.1) is 6.42 Å². The number of halogens is 2. The molecule has 2 nitrogen and oxygen atoms in total. The lowest BCUT2D eigenvalue weighted by Gasteiger charge is -2.19. The topological polar surface area (TPSA) is 29.1 Å². The van der Waals surface area contributed by atoms with Gasteiger partial charge in [-0.25, -0.2) is 8.78 Å². The SMILES string of the molecule is CC(C)(C)c1ccc(CNC(=O)Cc2ccc(F)c(F)c2)cc1. The second-order valence-electron chi connectivity index (χ2n) is 6.65. The number of carbonyl (C=O) groups is 1. The molecule has 23 heavy (non-hydrogen) atoms. The van der Waals surface area contributed by atoms with Gasteiger partial charge in [0, 0.05) is 6.54 Å². The van der Waals surface area contributed by atoms with E-state index in [1.54, 1.807) is 0 Å². The van der Waals surface area contributed by atoms with Crippen molar-refractivity contribution in [2.75, 3.05) is 0 Å². The molecule has 2 aromatic rings. The van der Waals surface area contributed by atoms with Gasteiger partial charge in [-0.1, -0.05) is 51.1 Å². The van der Waals surface area contributed by atoms with Gasteiger partial charge in [-0.15, -0.1) is 0 Å². The molecule has 0 saturated carbocycles. The molecule has 0 aliphatic carbocycles. The summed E-state index contributed by atoms with van der Waals surface area (Å²) < 4.78 is 26.0. The van der Waals surface area contributed by atoms with Gasteiger partial charge in [0.15, 0.2) is 11.6 Å². The molecular weight excluding hydrogens is 296 g/mol. The summed E-state index contributed by atoms with van der Waals surface area (Å²) >= 11 is 0. The standard InChI is InChI=1S/C19H21F2NO/c1-19(2,3)15-7-4-13(5-8-15)12-22-18(23)11-14-6-9-16(20)17(21)10-14/h4-10H,11-12H2,1-3H3,(H,22,23). The lowest BCUT2D eigenvalue weighted by atomic mass is 9.87. The predicted octanol–water partition coefficient (Wildman–Crippen LogP) is 4.12. The molecule has 1 amide bonds. The molecule has 0 heterocycles. The second-order valence-corrected chi connectivity index (χ2v) is 6.65. The van der Waals surface area contributed by atoms with Gasteiger partial charge in [0.1, 0.15) is 0 Å². The normalized spacial score (nSPS) is 11.3. The van der Waals surface area contributed by atoms with E-state index in [4.69, 9.17) is 0 Å². The summed E-state index contributed by atoms with van der Waals surface area (Å²) in [5, 5.41) is 2.78. The average molecular weight is 317 g/mol. The maximum Gasteiger partial charge on any atom is 0.224 e. The van der Waals surface area contributed by atoms with E-state index in [1.165, 1.54) is 11.6 Å². The highest BCUT2D eigenvalue weighted by Gasteiger charge is 2.13. The van der Waals surface area contributed by atoms with Gasteiger partial charge in [0.25, 0.3) is 0 Å². The molecule has 0 aliphatic rings. The highest BCUT2D eigenvalue weighted by molar-refractivity contribution is 5.78. The molecule has 122 valence electrons.